The van der Waals surface area contributed by atoms with Crippen molar-refractivity contribution in [3.8, 4) is 5.75 Å². The molecule has 0 spiro atoms. The molecule has 0 aromatic heterocycles. The van der Waals surface area contributed by atoms with Gasteiger partial charge in [0.05, 0.1) is 7.11 Å². The zero-order valence-corrected chi connectivity index (χ0v) is 12.2. The van der Waals surface area contributed by atoms with E-state index in [1.807, 2.05) is 31.2 Å². The SMILES string of the molecule is COc1ccc(/C(C)=C/C(=O)NCCC(C)C)cc1. The lowest BCUT2D eigenvalue weighted by molar-refractivity contribution is -0.116. The second-order valence-corrected chi connectivity index (χ2v) is 5.03. The molecule has 0 aliphatic heterocycles. The molecule has 0 fully saturated rings. The Morgan fingerprint density at radius 1 is 1.32 bits per heavy atom. The Balaban J connectivity index is 2.57. The lowest BCUT2D eigenvalue weighted by Gasteiger charge is -2.06. The Bertz CT molecular complexity index is 433. The fraction of sp³-hybridized carbons (Fsp3) is 0.438. The number of carbonyl (C=O) groups is 1. The lowest BCUT2D eigenvalue weighted by Crippen LogP contribution is -2.23. The third kappa shape index (κ3) is 5.60. The van der Waals surface area contributed by atoms with Crippen molar-refractivity contribution < 1.29 is 9.53 Å². The van der Waals surface area contributed by atoms with Crippen LogP contribution in [0.1, 0.15) is 32.8 Å². The van der Waals surface area contributed by atoms with E-state index in [1.165, 1.54) is 0 Å². The summed E-state index contributed by atoms with van der Waals surface area (Å²) in [7, 11) is 1.64. The van der Waals surface area contributed by atoms with Gasteiger partial charge < -0.3 is 10.1 Å². The molecule has 1 rings (SSSR count). The summed E-state index contributed by atoms with van der Waals surface area (Å²) in [4.78, 5) is 11.7. The summed E-state index contributed by atoms with van der Waals surface area (Å²) in [6, 6.07) is 7.69. The Kier molecular flexibility index (Phi) is 6.13. The van der Waals surface area contributed by atoms with E-state index in [-0.39, 0.29) is 5.91 Å². The topological polar surface area (TPSA) is 38.3 Å². The maximum Gasteiger partial charge on any atom is 0.244 e. The van der Waals surface area contributed by atoms with E-state index in [2.05, 4.69) is 19.2 Å². The number of hydrogen-bond acceptors (Lipinski definition) is 2. The maximum absolute atomic E-state index is 11.7. The van der Waals surface area contributed by atoms with Gasteiger partial charge in [-0.25, -0.2) is 0 Å². The number of ether oxygens (including phenoxy) is 1. The average molecular weight is 261 g/mol. The average Bonchev–Trinajstić information content (AvgIpc) is 2.38. The van der Waals surface area contributed by atoms with Gasteiger partial charge in [-0.1, -0.05) is 26.0 Å². The highest BCUT2D eigenvalue weighted by Crippen LogP contribution is 2.17. The first-order valence-corrected chi connectivity index (χ1v) is 6.63. The molecule has 3 heteroatoms. The normalized spacial score (nSPS) is 11.5. The molecule has 19 heavy (non-hydrogen) atoms. The van der Waals surface area contributed by atoms with E-state index in [9.17, 15) is 4.79 Å². The van der Waals surface area contributed by atoms with E-state index in [0.29, 0.717) is 5.92 Å². The minimum Gasteiger partial charge on any atom is -0.497 e. The molecule has 0 saturated heterocycles. The van der Waals surface area contributed by atoms with Gasteiger partial charge in [0.15, 0.2) is 0 Å². The molecule has 0 radical (unpaired) electrons. The summed E-state index contributed by atoms with van der Waals surface area (Å²) in [5.74, 6) is 1.39. The first-order chi connectivity index (χ1) is 9.02. The van der Waals surface area contributed by atoms with Crippen molar-refractivity contribution in [2.24, 2.45) is 5.92 Å². The Morgan fingerprint density at radius 3 is 2.47 bits per heavy atom. The molecule has 104 valence electrons. The van der Waals surface area contributed by atoms with Crippen LogP contribution in [0.3, 0.4) is 0 Å². The van der Waals surface area contributed by atoms with Gasteiger partial charge in [0.25, 0.3) is 0 Å². The summed E-state index contributed by atoms with van der Waals surface area (Å²) in [6.45, 7) is 6.95. The number of rotatable bonds is 6. The largest absolute Gasteiger partial charge is 0.497 e. The van der Waals surface area contributed by atoms with Gasteiger partial charge in [-0.15, -0.1) is 0 Å². The zero-order chi connectivity index (χ0) is 14.3. The molecule has 0 atom stereocenters. The number of allylic oxidation sites excluding steroid dienone is 1. The Morgan fingerprint density at radius 2 is 1.95 bits per heavy atom. The van der Waals surface area contributed by atoms with Crippen LogP contribution in [0, 0.1) is 5.92 Å². The zero-order valence-electron chi connectivity index (χ0n) is 12.2. The van der Waals surface area contributed by atoms with Crippen LogP contribution in [-0.2, 0) is 4.79 Å². The smallest absolute Gasteiger partial charge is 0.244 e. The predicted molar refractivity (Wildman–Crippen MR) is 79.1 cm³/mol. The molecule has 1 N–H and O–H groups in total. The predicted octanol–water partition coefficient (Wildman–Crippen LogP) is 3.26. The number of benzene rings is 1. The standard InChI is InChI=1S/C16H23NO2/c1-12(2)9-10-17-16(18)11-13(3)14-5-7-15(19-4)8-6-14/h5-8,11-12H,9-10H2,1-4H3,(H,17,18)/b13-11+. The highest BCUT2D eigenvalue weighted by molar-refractivity contribution is 5.94. The van der Waals surface area contributed by atoms with Crippen LogP contribution < -0.4 is 10.1 Å². The van der Waals surface area contributed by atoms with Crippen molar-refractivity contribution >= 4 is 11.5 Å². The van der Waals surface area contributed by atoms with Gasteiger partial charge in [-0.3, -0.25) is 4.79 Å². The van der Waals surface area contributed by atoms with Crippen LogP contribution in [0.25, 0.3) is 5.57 Å². The molecule has 1 aromatic rings. The van der Waals surface area contributed by atoms with Crippen LogP contribution in [0.4, 0.5) is 0 Å². The summed E-state index contributed by atoms with van der Waals surface area (Å²) in [5.41, 5.74) is 1.98. The fourth-order valence-electron chi connectivity index (χ4n) is 1.67. The van der Waals surface area contributed by atoms with Gasteiger partial charge in [-0.2, -0.15) is 0 Å². The lowest BCUT2D eigenvalue weighted by atomic mass is 10.1. The first-order valence-electron chi connectivity index (χ1n) is 6.63. The quantitative estimate of drug-likeness (QED) is 0.798. The molecule has 1 aromatic carbocycles. The van der Waals surface area contributed by atoms with Crippen molar-refractivity contribution in [3.05, 3.63) is 35.9 Å². The van der Waals surface area contributed by atoms with Gasteiger partial charge in [-0.05, 0) is 42.5 Å². The number of carbonyl (C=O) groups excluding carboxylic acids is 1. The Hall–Kier alpha value is -1.77. The molecule has 3 nitrogen and oxygen atoms in total. The van der Waals surface area contributed by atoms with E-state index < -0.39 is 0 Å². The fourth-order valence-corrected chi connectivity index (χ4v) is 1.67. The maximum atomic E-state index is 11.7. The molecule has 0 saturated carbocycles. The first kappa shape index (κ1) is 15.3. The second-order valence-electron chi connectivity index (χ2n) is 5.03. The van der Waals surface area contributed by atoms with Crippen molar-refractivity contribution in [3.63, 3.8) is 0 Å². The van der Waals surface area contributed by atoms with Crippen LogP contribution >= 0.6 is 0 Å². The number of methoxy groups -OCH3 is 1. The van der Waals surface area contributed by atoms with Crippen LogP contribution in [0.2, 0.25) is 0 Å². The minimum atomic E-state index is -0.0334. The van der Waals surface area contributed by atoms with Crippen molar-refractivity contribution in [2.45, 2.75) is 27.2 Å². The summed E-state index contributed by atoms with van der Waals surface area (Å²) in [6.07, 6.45) is 2.64. The molecule has 0 aliphatic rings. The van der Waals surface area contributed by atoms with Crippen LogP contribution in [0.5, 0.6) is 5.75 Å². The summed E-state index contributed by atoms with van der Waals surface area (Å²) < 4.78 is 5.11. The van der Waals surface area contributed by atoms with Crippen molar-refractivity contribution in [1.29, 1.82) is 0 Å². The third-order valence-electron chi connectivity index (χ3n) is 2.91. The van der Waals surface area contributed by atoms with Crippen LogP contribution in [-0.4, -0.2) is 19.6 Å². The van der Waals surface area contributed by atoms with E-state index in [1.54, 1.807) is 13.2 Å². The van der Waals surface area contributed by atoms with E-state index in [4.69, 9.17) is 4.74 Å². The molecular formula is C16H23NO2. The second kappa shape index (κ2) is 7.62. The molecule has 0 heterocycles. The van der Waals surface area contributed by atoms with Gasteiger partial charge >= 0.3 is 0 Å². The van der Waals surface area contributed by atoms with E-state index in [0.717, 1.165) is 29.9 Å². The third-order valence-corrected chi connectivity index (χ3v) is 2.91. The summed E-state index contributed by atoms with van der Waals surface area (Å²) in [5, 5.41) is 2.90. The molecular weight excluding hydrogens is 238 g/mol. The van der Waals surface area contributed by atoms with Crippen molar-refractivity contribution in [2.75, 3.05) is 13.7 Å². The highest BCUT2D eigenvalue weighted by Gasteiger charge is 2.01. The molecule has 0 unspecified atom stereocenters. The Labute approximate surface area is 115 Å². The van der Waals surface area contributed by atoms with E-state index >= 15 is 0 Å². The number of amides is 1. The molecule has 1 amide bonds. The van der Waals surface area contributed by atoms with Gasteiger partial charge in [0.2, 0.25) is 5.91 Å². The minimum absolute atomic E-state index is 0.0334. The molecule has 0 bridgehead atoms. The molecule has 0 aliphatic carbocycles. The van der Waals surface area contributed by atoms with Crippen LogP contribution in [0.15, 0.2) is 30.3 Å². The monoisotopic (exact) mass is 261 g/mol. The van der Waals surface area contributed by atoms with Gasteiger partial charge in [0, 0.05) is 12.6 Å². The highest BCUT2D eigenvalue weighted by atomic mass is 16.5. The number of hydrogen-bond donors (Lipinski definition) is 1. The number of nitrogens with one attached hydrogen (secondary N) is 1. The van der Waals surface area contributed by atoms with Gasteiger partial charge in [0.1, 0.15) is 5.75 Å². The summed E-state index contributed by atoms with van der Waals surface area (Å²) >= 11 is 0. The van der Waals surface area contributed by atoms with Crippen molar-refractivity contribution in [1.82, 2.24) is 5.32 Å².